The Bertz CT molecular complexity index is 40.8. The fraction of sp³-hybridized carbons (Fsp3) is 1.00. The standard InChI is InChI=1S/C4H7ClS/c5-4-1-2-6-3-4/h4H,1-3H2/t4-/m1/s1. The van der Waals surface area contributed by atoms with Crippen molar-refractivity contribution in [1.29, 1.82) is 0 Å². The Balaban J connectivity index is 2.18. The Morgan fingerprint density at radius 3 is 2.67 bits per heavy atom. The molecule has 0 aromatic heterocycles. The molecule has 0 aliphatic carbocycles. The lowest BCUT2D eigenvalue weighted by Gasteiger charge is -1.87. The van der Waals surface area contributed by atoms with Gasteiger partial charge >= 0.3 is 0 Å². The molecule has 1 atom stereocenters. The van der Waals surface area contributed by atoms with Crippen LogP contribution >= 0.6 is 23.4 Å². The molecular formula is C4H7ClS. The summed E-state index contributed by atoms with van der Waals surface area (Å²) in [5, 5.41) is 0.481. The summed E-state index contributed by atoms with van der Waals surface area (Å²) in [5.41, 5.74) is 0. The van der Waals surface area contributed by atoms with Gasteiger partial charge < -0.3 is 0 Å². The molecule has 0 spiro atoms. The molecule has 2 heteroatoms. The monoisotopic (exact) mass is 122 g/mol. The summed E-state index contributed by atoms with van der Waals surface area (Å²) in [5.74, 6) is 2.44. The van der Waals surface area contributed by atoms with E-state index in [-0.39, 0.29) is 0 Å². The molecule has 0 radical (unpaired) electrons. The van der Waals surface area contributed by atoms with Gasteiger partial charge in [-0.1, -0.05) is 0 Å². The first-order valence-electron chi connectivity index (χ1n) is 2.11. The Morgan fingerprint density at radius 2 is 2.50 bits per heavy atom. The van der Waals surface area contributed by atoms with Crippen molar-refractivity contribution in [2.45, 2.75) is 11.8 Å². The maximum Gasteiger partial charge on any atom is 0.0434 e. The highest BCUT2D eigenvalue weighted by atomic mass is 35.5. The minimum atomic E-state index is 0.481. The molecule has 36 valence electrons. The van der Waals surface area contributed by atoms with Crippen LogP contribution in [-0.4, -0.2) is 16.9 Å². The normalized spacial score (nSPS) is 34.5. The van der Waals surface area contributed by atoms with Crippen molar-refractivity contribution < 1.29 is 0 Å². The van der Waals surface area contributed by atoms with E-state index in [1.165, 1.54) is 17.9 Å². The summed E-state index contributed by atoms with van der Waals surface area (Å²) in [6.45, 7) is 0. The highest BCUT2D eigenvalue weighted by Crippen LogP contribution is 2.21. The van der Waals surface area contributed by atoms with Gasteiger partial charge in [0.1, 0.15) is 0 Å². The van der Waals surface area contributed by atoms with Gasteiger partial charge in [0.2, 0.25) is 0 Å². The van der Waals surface area contributed by atoms with Gasteiger partial charge in [-0.15, -0.1) is 11.6 Å². The molecule has 0 aromatic carbocycles. The fourth-order valence-corrected chi connectivity index (χ4v) is 2.05. The molecular weight excluding hydrogens is 116 g/mol. The lowest BCUT2D eigenvalue weighted by molar-refractivity contribution is 0.959. The van der Waals surface area contributed by atoms with E-state index in [0.29, 0.717) is 5.38 Å². The van der Waals surface area contributed by atoms with E-state index >= 15 is 0 Å². The lowest BCUT2D eigenvalue weighted by Crippen LogP contribution is -1.90. The van der Waals surface area contributed by atoms with Crippen molar-refractivity contribution in [3.05, 3.63) is 0 Å². The Kier molecular flexibility index (Phi) is 1.66. The van der Waals surface area contributed by atoms with Crippen molar-refractivity contribution in [2.24, 2.45) is 0 Å². The molecule has 0 nitrogen and oxygen atoms in total. The van der Waals surface area contributed by atoms with Gasteiger partial charge in [0, 0.05) is 11.1 Å². The van der Waals surface area contributed by atoms with Gasteiger partial charge in [0.15, 0.2) is 0 Å². The first-order chi connectivity index (χ1) is 2.89. The summed E-state index contributed by atoms with van der Waals surface area (Å²) in [6.07, 6.45) is 1.21. The SMILES string of the molecule is Cl[C@@H]1CCSC1. The molecule has 1 heterocycles. The van der Waals surface area contributed by atoms with Gasteiger partial charge in [-0.05, 0) is 12.2 Å². The smallest absolute Gasteiger partial charge is 0.0434 e. The van der Waals surface area contributed by atoms with Gasteiger partial charge in [-0.25, -0.2) is 0 Å². The van der Waals surface area contributed by atoms with E-state index in [0.717, 1.165) is 0 Å². The van der Waals surface area contributed by atoms with Gasteiger partial charge in [0.25, 0.3) is 0 Å². The van der Waals surface area contributed by atoms with Crippen LogP contribution in [0.5, 0.6) is 0 Å². The van der Waals surface area contributed by atoms with Crippen LogP contribution in [0.4, 0.5) is 0 Å². The van der Waals surface area contributed by atoms with Crippen LogP contribution in [0.3, 0.4) is 0 Å². The molecule has 0 unspecified atom stereocenters. The van der Waals surface area contributed by atoms with Crippen LogP contribution in [0.1, 0.15) is 6.42 Å². The number of thioether (sulfide) groups is 1. The lowest BCUT2D eigenvalue weighted by atomic mass is 10.4. The average Bonchev–Trinajstić information content (AvgIpc) is 1.86. The molecule has 1 aliphatic heterocycles. The molecule has 0 saturated carbocycles. The summed E-state index contributed by atoms with van der Waals surface area (Å²) in [6, 6.07) is 0. The third kappa shape index (κ3) is 1.05. The average molecular weight is 123 g/mol. The van der Waals surface area contributed by atoms with Crippen LogP contribution in [0.25, 0.3) is 0 Å². The largest absolute Gasteiger partial charge is 0.160 e. The first kappa shape index (κ1) is 4.79. The summed E-state index contributed by atoms with van der Waals surface area (Å²) in [4.78, 5) is 0. The van der Waals surface area contributed by atoms with E-state index in [4.69, 9.17) is 11.6 Å². The van der Waals surface area contributed by atoms with Gasteiger partial charge in [-0.2, -0.15) is 11.8 Å². The molecule has 0 amide bonds. The van der Waals surface area contributed by atoms with E-state index < -0.39 is 0 Å². The molecule has 1 rings (SSSR count). The third-order valence-electron chi connectivity index (χ3n) is 0.874. The zero-order valence-corrected chi connectivity index (χ0v) is 5.06. The maximum absolute atomic E-state index is 5.69. The van der Waals surface area contributed by atoms with Crippen LogP contribution in [-0.2, 0) is 0 Å². The molecule has 0 bridgehead atoms. The number of hydrogen-bond acceptors (Lipinski definition) is 1. The molecule has 6 heavy (non-hydrogen) atoms. The molecule has 0 N–H and O–H groups in total. The number of alkyl halides is 1. The first-order valence-corrected chi connectivity index (χ1v) is 3.70. The van der Waals surface area contributed by atoms with Crippen molar-refractivity contribution >= 4 is 23.4 Å². The zero-order valence-electron chi connectivity index (χ0n) is 3.48. The van der Waals surface area contributed by atoms with Crippen LogP contribution < -0.4 is 0 Å². The number of hydrogen-bond donors (Lipinski definition) is 0. The van der Waals surface area contributed by atoms with Crippen LogP contribution in [0, 0.1) is 0 Å². The Hall–Kier alpha value is 0.640. The van der Waals surface area contributed by atoms with E-state index in [2.05, 4.69) is 0 Å². The molecule has 1 fully saturated rings. The topological polar surface area (TPSA) is 0 Å². The third-order valence-corrected chi connectivity index (χ3v) is 2.59. The van der Waals surface area contributed by atoms with Gasteiger partial charge in [-0.3, -0.25) is 0 Å². The minimum absolute atomic E-state index is 0.481. The Morgan fingerprint density at radius 1 is 1.67 bits per heavy atom. The molecule has 1 aliphatic rings. The summed E-state index contributed by atoms with van der Waals surface area (Å²) in [7, 11) is 0. The number of halogens is 1. The number of rotatable bonds is 0. The molecule has 1 saturated heterocycles. The second-order valence-corrected chi connectivity index (χ2v) is 3.23. The van der Waals surface area contributed by atoms with Crippen molar-refractivity contribution in [1.82, 2.24) is 0 Å². The highest BCUT2D eigenvalue weighted by Gasteiger charge is 2.10. The van der Waals surface area contributed by atoms with Crippen molar-refractivity contribution in [3.63, 3.8) is 0 Å². The van der Waals surface area contributed by atoms with Crippen LogP contribution in [0.15, 0.2) is 0 Å². The quantitative estimate of drug-likeness (QED) is 0.441. The minimum Gasteiger partial charge on any atom is -0.160 e. The molecule has 0 aromatic rings. The second kappa shape index (κ2) is 2.08. The fourth-order valence-electron chi connectivity index (χ4n) is 0.506. The highest BCUT2D eigenvalue weighted by molar-refractivity contribution is 7.99. The van der Waals surface area contributed by atoms with Crippen LogP contribution in [0.2, 0.25) is 0 Å². The summed E-state index contributed by atoms with van der Waals surface area (Å²) < 4.78 is 0. The van der Waals surface area contributed by atoms with E-state index in [1.807, 2.05) is 11.8 Å². The summed E-state index contributed by atoms with van der Waals surface area (Å²) >= 11 is 7.64. The maximum atomic E-state index is 5.69. The second-order valence-electron chi connectivity index (χ2n) is 1.46. The van der Waals surface area contributed by atoms with E-state index in [1.54, 1.807) is 0 Å². The van der Waals surface area contributed by atoms with Crippen molar-refractivity contribution in [3.8, 4) is 0 Å². The predicted octanol–water partition coefficient (Wildman–Crippen LogP) is 1.73. The van der Waals surface area contributed by atoms with Crippen molar-refractivity contribution in [2.75, 3.05) is 11.5 Å². The van der Waals surface area contributed by atoms with Gasteiger partial charge in [0.05, 0.1) is 0 Å². The zero-order chi connectivity index (χ0) is 4.41. The Labute approximate surface area is 47.3 Å². The van der Waals surface area contributed by atoms with E-state index in [9.17, 15) is 0 Å². The predicted molar refractivity (Wildman–Crippen MR) is 31.6 cm³/mol.